The Balaban J connectivity index is 1.47. The van der Waals surface area contributed by atoms with Crippen LogP contribution in [0.2, 0.25) is 0 Å². The number of rotatable bonds is 5. The van der Waals surface area contributed by atoms with E-state index in [1.54, 1.807) is 19.9 Å². The molecule has 0 unspecified atom stereocenters. The first-order chi connectivity index (χ1) is 13.8. The number of thiazole rings is 1. The molecule has 4 rings (SSSR count). The molecule has 2 aromatic heterocycles. The van der Waals surface area contributed by atoms with Gasteiger partial charge in [0.05, 0.1) is 10.9 Å². The molecule has 0 fully saturated rings. The Morgan fingerprint density at radius 1 is 1.28 bits per heavy atom. The van der Waals surface area contributed by atoms with E-state index in [4.69, 9.17) is 4.52 Å². The van der Waals surface area contributed by atoms with Gasteiger partial charge in [0, 0.05) is 36.0 Å². The molecule has 152 valence electrons. The lowest BCUT2D eigenvalue weighted by molar-refractivity contribution is 0.101. The summed E-state index contributed by atoms with van der Waals surface area (Å²) in [5.41, 5.74) is 1.81. The fourth-order valence-electron chi connectivity index (χ4n) is 3.02. The average molecular weight is 433 g/mol. The molecule has 0 spiro atoms. The third kappa shape index (κ3) is 3.96. The first-order valence-electron chi connectivity index (χ1n) is 9.15. The average Bonchev–Trinajstić information content (AvgIpc) is 3.34. The van der Waals surface area contributed by atoms with Crippen LogP contribution in [-0.4, -0.2) is 40.6 Å². The molecular formula is C19H20N4O4S2. The van der Waals surface area contributed by atoms with E-state index < -0.39 is 21.2 Å². The summed E-state index contributed by atoms with van der Waals surface area (Å²) < 4.78 is 31.6. The van der Waals surface area contributed by atoms with Gasteiger partial charge in [0.25, 0.3) is 5.91 Å². The summed E-state index contributed by atoms with van der Waals surface area (Å²) in [6, 6.07) is 11.0. The smallest absolute Gasteiger partial charge is 0.279 e. The Hall–Kier alpha value is -2.56. The van der Waals surface area contributed by atoms with E-state index in [-0.39, 0.29) is 12.2 Å². The molecule has 0 saturated heterocycles. The second kappa shape index (κ2) is 7.69. The Bertz CT molecular complexity index is 1140. The molecular weight excluding hydrogens is 412 g/mol. The highest BCUT2D eigenvalue weighted by Gasteiger charge is 2.31. The van der Waals surface area contributed by atoms with Gasteiger partial charge in [-0.15, -0.1) is 11.3 Å². The van der Waals surface area contributed by atoms with Crippen molar-refractivity contribution in [3.8, 4) is 11.3 Å². The number of nitrogens with zero attached hydrogens (tertiary/aromatic N) is 3. The van der Waals surface area contributed by atoms with Crippen molar-refractivity contribution in [2.75, 3.05) is 11.9 Å². The maximum Gasteiger partial charge on any atom is 0.279 e. The Morgan fingerprint density at radius 3 is 2.76 bits per heavy atom. The quantitative estimate of drug-likeness (QED) is 0.664. The Labute approximate surface area is 172 Å². The molecule has 3 heterocycles. The molecule has 0 aliphatic carbocycles. The van der Waals surface area contributed by atoms with Crippen LogP contribution in [0.25, 0.3) is 11.3 Å². The Morgan fingerprint density at radius 2 is 2.03 bits per heavy atom. The van der Waals surface area contributed by atoms with Gasteiger partial charge in [-0.1, -0.05) is 35.5 Å². The van der Waals surface area contributed by atoms with Crippen LogP contribution < -0.4 is 5.32 Å². The third-order valence-corrected chi connectivity index (χ3v) is 7.89. The van der Waals surface area contributed by atoms with Crippen molar-refractivity contribution in [3.63, 3.8) is 0 Å². The number of carbonyl (C=O) groups is 1. The van der Waals surface area contributed by atoms with Crippen molar-refractivity contribution in [1.29, 1.82) is 0 Å². The number of fused-ring (bicyclic) bond motifs is 1. The summed E-state index contributed by atoms with van der Waals surface area (Å²) in [5.74, 6) is 0.0809. The van der Waals surface area contributed by atoms with Crippen molar-refractivity contribution in [1.82, 2.24) is 14.4 Å². The number of hydrogen-bond donors (Lipinski definition) is 1. The third-order valence-electron chi connectivity index (χ3n) is 4.67. The summed E-state index contributed by atoms with van der Waals surface area (Å²) in [5, 5.41) is 6.52. The molecule has 0 bridgehead atoms. The summed E-state index contributed by atoms with van der Waals surface area (Å²) in [4.78, 5) is 17.8. The lowest BCUT2D eigenvalue weighted by Crippen LogP contribution is -2.39. The fraction of sp³-hybridized carbons (Fsp3) is 0.316. The maximum absolute atomic E-state index is 12.5. The second-order valence-corrected chi connectivity index (χ2v) is 10.5. The molecule has 1 aliphatic rings. The maximum atomic E-state index is 12.5. The second-order valence-electron chi connectivity index (χ2n) is 6.96. The van der Waals surface area contributed by atoms with Gasteiger partial charge in [-0.2, -0.15) is 4.31 Å². The summed E-state index contributed by atoms with van der Waals surface area (Å²) in [6.45, 7) is 4.02. The molecule has 0 saturated carbocycles. The summed E-state index contributed by atoms with van der Waals surface area (Å²) >= 11 is 1.29. The van der Waals surface area contributed by atoms with Crippen LogP contribution in [0.4, 0.5) is 5.13 Å². The molecule has 1 aromatic carbocycles. The van der Waals surface area contributed by atoms with Gasteiger partial charge in [-0.25, -0.2) is 13.4 Å². The summed E-state index contributed by atoms with van der Waals surface area (Å²) in [7, 11) is -3.32. The van der Waals surface area contributed by atoms with Gasteiger partial charge in [0.15, 0.2) is 16.6 Å². The highest BCUT2D eigenvalue weighted by Crippen LogP contribution is 2.30. The molecule has 3 aromatic rings. The first kappa shape index (κ1) is 19.7. The molecule has 1 N–H and O–H groups in total. The van der Waals surface area contributed by atoms with E-state index in [9.17, 15) is 13.2 Å². The van der Waals surface area contributed by atoms with Crippen LogP contribution in [0.5, 0.6) is 0 Å². The lowest BCUT2D eigenvalue weighted by Gasteiger charge is -2.26. The van der Waals surface area contributed by atoms with Gasteiger partial charge in [-0.05, 0) is 13.8 Å². The van der Waals surface area contributed by atoms with Crippen LogP contribution in [0, 0.1) is 0 Å². The molecule has 10 heteroatoms. The van der Waals surface area contributed by atoms with Crippen molar-refractivity contribution < 1.29 is 17.7 Å². The van der Waals surface area contributed by atoms with Gasteiger partial charge < -0.3 is 4.52 Å². The zero-order valence-electron chi connectivity index (χ0n) is 16.0. The fourth-order valence-corrected chi connectivity index (χ4v) is 5.37. The molecule has 0 atom stereocenters. The van der Waals surface area contributed by atoms with Crippen LogP contribution in [-0.2, 0) is 23.0 Å². The molecule has 29 heavy (non-hydrogen) atoms. The number of nitrogens with one attached hydrogen (secondary N) is 1. The molecule has 1 amide bonds. The monoisotopic (exact) mass is 432 g/mol. The highest BCUT2D eigenvalue weighted by molar-refractivity contribution is 7.89. The van der Waals surface area contributed by atoms with E-state index in [1.807, 2.05) is 30.3 Å². The predicted molar refractivity (Wildman–Crippen MR) is 110 cm³/mol. The number of anilines is 1. The van der Waals surface area contributed by atoms with Crippen molar-refractivity contribution in [2.24, 2.45) is 0 Å². The number of benzene rings is 1. The van der Waals surface area contributed by atoms with Gasteiger partial charge in [0.2, 0.25) is 10.0 Å². The first-order valence-corrected chi connectivity index (χ1v) is 11.5. The Kier molecular flexibility index (Phi) is 5.24. The van der Waals surface area contributed by atoms with E-state index in [0.29, 0.717) is 23.9 Å². The van der Waals surface area contributed by atoms with E-state index in [0.717, 1.165) is 16.1 Å². The summed E-state index contributed by atoms with van der Waals surface area (Å²) in [6.07, 6.45) is 0.524. The number of carbonyl (C=O) groups excluding carboxylic acids is 1. The normalized spacial score (nSPS) is 14.7. The van der Waals surface area contributed by atoms with E-state index in [2.05, 4.69) is 15.5 Å². The molecule has 1 aliphatic heterocycles. The van der Waals surface area contributed by atoms with Crippen LogP contribution >= 0.6 is 11.3 Å². The minimum absolute atomic E-state index is 0.154. The van der Waals surface area contributed by atoms with Gasteiger partial charge >= 0.3 is 0 Å². The molecule has 0 radical (unpaired) electrons. The zero-order chi connectivity index (χ0) is 20.6. The van der Waals surface area contributed by atoms with E-state index in [1.165, 1.54) is 15.6 Å². The standard InChI is InChI=1S/C19H20N4O4S2/c1-12(2)29(25,26)23-9-8-14-17(11-23)28-19(20-14)21-18(24)15-10-16(27-22-15)13-6-4-3-5-7-13/h3-7,10,12H,8-9,11H2,1-2H3,(H,20,21,24). The van der Waals surface area contributed by atoms with E-state index >= 15 is 0 Å². The lowest BCUT2D eigenvalue weighted by atomic mass is 10.1. The van der Waals surface area contributed by atoms with Crippen molar-refractivity contribution in [2.45, 2.75) is 32.1 Å². The predicted octanol–water partition coefficient (Wildman–Crippen LogP) is 3.15. The van der Waals surface area contributed by atoms with Crippen molar-refractivity contribution >= 4 is 32.4 Å². The number of sulfonamides is 1. The van der Waals surface area contributed by atoms with Crippen LogP contribution in [0.1, 0.15) is 34.9 Å². The SMILES string of the molecule is CC(C)S(=O)(=O)N1CCc2nc(NC(=O)c3cc(-c4ccccc4)on3)sc2C1. The molecule has 8 nitrogen and oxygen atoms in total. The topological polar surface area (TPSA) is 105 Å². The minimum Gasteiger partial charge on any atom is -0.355 e. The van der Waals surface area contributed by atoms with Gasteiger partial charge in [-0.3, -0.25) is 10.1 Å². The number of amides is 1. The van der Waals surface area contributed by atoms with Crippen molar-refractivity contribution in [3.05, 3.63) is 52.7 Å². The highest BCUT2D eigenvalue weighted by atomic mass is 32.2. The van der Waals surface area contributed by atoms with Crippen LogP contribution in [0.15, 0.2) is 40.9 Å². The zero-order valence-corrected chi connectivity index (χ0v) is 17.6. The van der Waals surface area contributed by atoms with Gasteiger partial charge in [0.1, 0.15) is 0 Å². The minimum atomic E-state index is -3.32. The number of aromatic nitrogens is 2. The largest absolute Gasteiger partial charge is 0.355 e. The number of hydrogen-bond acceptors (Lipinski definition) is 7. The van der Waals surface area contributed by atoms with Crippen LogP contribution in [0.3, 0.4) is 0 Å².